The summed E-state index contributed by atoms with van der Waals surface area (Å²) in [6.07, 6.45) is 0. The number of aryl methyl sites for hydroxylation is 2. The summed E-state index contributed by atoms with van der Waals surface area (Å²) in [7, 11) is 0. The molecule has 102 valence electrons. The van der Waals surface area contributed by atoms with E-state index in [2.05, 4.69) is 4.98 Å². The Morgan fingerprint density at radius 2 is 1.90 bits per heavy atom. The van der Waals surface area contributed by atoms with E-state index in [1.165, 1.54) is 23.5 Å². The lowest BCUT2D eigenvalue weighted by Gasteiger charge is -2.06. The number of hydrogen-bond acceptors (Lipinski definition) is 4. The third kappa shape index (κ3) is 1.69. The summed E-state index contributed by atoms with van der Waals surface area (Å²) in [6, 6.07) is 6.27. The fraction of sp³-hybridized carbons (Fsp3) is 0.143. The SMILES string of the molecule is Cc1sc2[nH]c(=O)n(-c3ccccc3O)c(=O)c2c1C. The molecule has 3 rings (SSSR count). The number of rotatable bonds is 1. The Hall–Kier alpha value is -2.34. The van der Waals surface area contributed by atoms with Crippen molar-refractivity contribution in [2.24, 2.45) is 0 Å². The summed E-state index contributed by atoms with van der Waals surface area (Å²) in [5, 5.41) is 10.3. The van der Waals surface area contributed by atoms with Gasteiger partial charge in [-0.05, 0) is 31.5 Å². The molecule has 0 unspecified atom stereocenters. The number of aromatic nitrogens is 2. The van der Waals surface area contributed by atoms with Gasteiger partial charge in [0, 0.05) is 4.88 Å². The highest BCUT2D eigenvalue weighted by Gasteiger charge is 2.16. The molecule has 0 amide bonds. The summed E-state index contributed by atoms with van der Waals surface area (Å²) >= 11 is 1.38. The zero-order chi connectivity index (χ0) is 14.4. The third-order valence-corrected chi connectivity index (χ3v) is 4.47. The van der Waals surface area contributed by atoms with E-state index in [-0.39, 0.29) is 11.4 Å². The molecule has 3 aromatic rings. The molecule has 0 fully saturated rings. The largest absolute Gasteiger partial charge is 0.506 e. The Bertz CT molecular complexity index is 934. The highest BCUT2D eigenvalue weighted by molar-refractivity contribution is 7.18. The summed E-state index contributed by atoms with van der Waals surface area (Å²) in [5.41, 5.74) is 0.0803. The monoisotopic (exact) mass is 288 g/mol. The molecular formula is C14H12N2O3S. The van der Waals surface area contributed by atoms with Crippen molar-refractivity contribution in [2.45, 2.75) is 13.8 Å². The summed E-state index contributed by atoms with van der Waals surface area (Å²) in [5.74, 6) is -0.107. The van der Waals surface area contributed by atoms with Crippen molar-refractivity contribution >= 4 is 21.6 Å². The van der Waals surface area contributed by atoms with Crippen LogP contribution in [0.5, 0.6) is 5.75 Å². The van der Waals surface area contributed by atoms with Gasteiger partial charge in [-0.2, -0.15) is 0 Å². The van der Waals surface area contributed by atoms with E-state index in [0.29, 0.717) is 10.2 Å². The minimum absolute atomic E-state index is 0.107. The molecule has 0 spiro atoms. The van der Waals surface area contributed by atoms with Gasteiger partial charge in [0.1, 0.15) is 10.6 Å². The Labute approximate surface area is 117 Å². The van der Waals surface area contributed by atoms with Gasteiger partial charge in [-0.3, -0.25) is 9.78 Å². The van der Waals surface area contributed by atoms with E-state index < -0.39 is 11.2 Å². The van der Waals surface area contributed by atoms with Crippen LogP contribution in [0.4, 0.5) is 0 Å². The van der Waals surface area contributed by atoms with Crippen molar-refractivity contribution in [2.75, 3.05) is 0 Å². The second kappa shape index (κ2) is 4.35. The normalized spacial score (nSPS) is 11.1. The van der Waals surface area contributed by atoms with Crippen LogP contribution in [0, 0.1) is 13.8 Å². The zero-order valence-electron chi connectivity index (χ0n) is 10.9. The van der Waals surface area contributed by atoms with Crippen LogP contribution < -0.4 is 11.2 Å². The maximum atomic E-state index is 12.6. The lowest BCUT2D eigenvalue weighted by atomic mass is 10.2. The van der Waals surface area contributed by atoms with Crippen molar-refractivity contribution in [1.82, 2.24) is 9.55 Å². The minimum atomic E-state index is -0.551. The number of phenolic OH excluding ortho intramolecular Hbond substituents is 1. The first-order valence-electron chi connectivity index (χ1n) is 6.04. The quantitative estimate of drug-likeness (QED) is 0.719. The van der Waals surface area contributed by atoms with Crippen molar-refractivity contribution in [3.8, 4) is 11.4 Å². The molecule has 2 aromatic heterocycles. The number of nitrogens with one attached hydrogen (secondary N) is 1. The van der Waals surface area contributed by atoms with Crippen LogP contribution in [-0.4, -0.2) is 14.7 Å². The Morgan fingerprint density at radius 3 is 2.60 bits per heavy atom. The van der Waals surface area contributed by atoms with E-state index >= 15 is 0 Å². The molecule has 2 heterocycles. The fourth-order valence-corrected chi connectivity index (χ4v) is 3.24. The first-order valence-corrected chi connectivity index (χ1v) is 6.85. The number of H-pyrrole nitrogens is 1. The Kier molecular flexibility index (Phi) is 2.76. The molecule has 2 N–H and O–H groups in total. The second-order valence-electron chi connectivity index (χ2n) is 4.55. The van der Waals surface area contributed by atoms with Gasteiger partial charge in [0.25, 0.3) is 5.56 Å². The van der Waals surface area contributed by atoms with Crippen LogP contribution in [0.1, 0.15) is 10.4 Å². The van der Waals surface area contributed by atoms with Crippen molar-refractivity contribution in [3.63, 3.8) is 0 Å². The molecule has 0 aliphatic carbocycles. The highest BCUT2D eigenvalue weighted by Crippen LogP contribution is 2.26. The van der Waals surface area contributed by atoms with Crippen LogP contribution >= 0.6 is 11.3 Å². The minimum Gasteiger partial charge on any atom is -0.506 e. The van der Waals surface area contributed by atoms with Crippen LogP contribution in [0.15, 0.2) is 33.9 Å². The number of fused-ring (bicyclic) bond motifs is 1. The van der Waals surface area contributed by atoms with Gasteiger partial charge in [-0.15, -0.1) is 11.3 Å². The summed E-state index contributed by atoms with van der Waals surface area (Å²) in [4.78, 5) is 29.0. The highest BCUT2D eigenvalue weighted by atomic mass is 32.1. The van der Waals surface area contributed by atoms with Crippen LogP contribution in [-0.2, 0) is 0 Å². The van der Waals surface area contributed by atoms with Gasteiger partial charge >= 0.3 is 5.69 Å². The average molecular weight is 288 g/mol. The number of phenols is 1. The van der Waals surface area contributed by atoms with Gasteiger partial charge in [-0.1, -0.05) is 12.1 Å². The van der Waals surface area contributed by atoms with E-state index in [4.69, 9.17) is 0 Å². The van der Waals surface area contributed by atoms with Gasteiger partial charge < -0.3 is 5.11 Å². The maximum Gasteiger partial charge on any atom is 0.334 e. The predicted molar refractivity (Wildman–Crippen MR) is 79.2 cm³/mol. The molecule has 0 aliphatic heterocycles. The molecule has 0 saturated carbocycles. The number of aromatic amines is 1. The third-order valence-electron chi connectivity index (χ3n) is 3.35. The van der Waals surface area contributed by atoms with E-state index in [0.717, 1.165) is 15.0 Å². The molecule has 0 atom stereocenters. The molecule has 0 saturated heterocycles. The van der Waals surface area contributed by atoms with E-state index in [1.54, 1.807) is 12.1 Å². The summed E-state index contributed by atoms with van der Waals surface area (Å²) in [6.45, 7) is 3.76. The molecule has 0 radical (unpaired) electrons. The molecule has 20 heavy (non-hydrogen) atoms. The van der Waals surface area contributed by atoms with Gasteiger partial charge in [0.15, 0.2) is 0 Å². The topological polar surface area (TPSA) is 75.1 Å². The molecule has 5 nitrogen and oxygen atoms in total. The van der Waals surface area contributed by atoms with Crippen molar-refractivity contribution in [3.05, 3.63) is 55.5 Å². The molecule has 6 heteroatoms. The smallest absolute Gasteiger partial charge is 0.334 e. The fourth-order valence-electron chi connectivity index (χ4n) is 2.20. The van der Waals surface area contributed by atoms with Crippen LogP contribution in [0.25, 0.3) is 15.9 Å². The van der Waals surface area contributed by atoms with Crippen molar-refractivity contribution < 1.29 is 5.11 Å². The molecule has 0 bridgehead atoms. The van der Waals surface area contributed by atoms with E-state index in [9.17, 15) is 14.7 Å². The van der Waals surface area contributed by atoms with Gasteiger partial charge in [0.05, 0.1) is 11.1 Å². The first-order chi connectivity index (χ1) is 9.50. The standard InChI is InChI=1S/C14H12N2O3S/c1-7-8(2)20-12-11(7)13(18)16(14(19)15-12)9-5-3-4-6-10(9)17/h3-6,17H,1-2H3,(H,15,19). The lowest BCUT2D eigenvalue weighted by molar-refractivity contribution is 0.471. The molecule has 0 aliphatic rings. The second-order valence-corrected chi connectivity index (χ2v) is 5.77. The average Bonchev–Trinajstić information content (AvgIpc) is 2.67. The summed E-state index contributed by atoms with van der Waals surface area (Å²) < 4.78 is 0.969. The van der Waals surface area contributed by atoms with E-state index in [1.807, 2.05) is 13.8 Å². The lowest BCUT2D eigenvalue weighted by Crippen LogP contribution is -2.33. The predicted octanol–water partition coefficient (Wildman–Crippen LogP) is 2.06. The molecule has 1 aromatic carbocycles. The van der Waals surface area contributed by atoms with Crippen molar-refractivity contribution in [1.29, 1.82) is 0 Å². The number of aromatic hydroxyl groups is 1. The Morgan fingerprint density at radius 1 is 1.20 bits per heavy atom. The number of nitrogens with zero attached hydrogens (tertiary/aromatic N) is 1. The van der Waals surface area contributed by atoms with Gasteiger partial charge in [-0.25, -0.2) is 9.36 Å². The van der Waals surface area contributed by atoms with Gasteiger partial charge in [0.2, 0.25) is 0 Å². The number of benzene rings is 1. The number of para-hydroxylation sites is 2. The number of thiophene rings is 1. The van der Waals surface area contributed by atoms with Crippen LogP contribution in [0.3, 0.4) is 0 Å². The van der Waals surface area contributed by atoms with Crippen LogP contribution in [0.2, 0.25) is 0 Å². The molecular weight excluding hydrogens is 276 g/mol. The zero-order valence-corrected chi connectivity index (χ0v) is 11.7. The Balaban J connectivity index is 2.50. The first kappa shape index (κ1) is 12.7. The maximum absolute atomic E-state index is 12.6. The number of hydrogen-bond donors (Lipinski definition) is 2.